The highest BCUT2D eigenvalue weighted by Crippen LogP contribution is 2.32. The van der Waals surface area contributed by atoms with E-state index >= 15 is 0 Å². The van der Waals surface area contributed by atoms with Crippen LogP contribution in [0.3, 0.4) is 0 Å². The molecule has 7 nitrogen and oxygen atoms in total. The summed E-state index contributed by atoms with van der Waals surface area (Å²) in [5, 5.41) is 7.72. The Morgan fingerprint density at radius 2 is 2.00 bits per heavy atom. The van der Waals surface area contributed by atoms with E-state index in [-0.39, 0.29) is 18.1 Å². The maximum atomic E-state index is 12.8. The fourth-order valence-corrected chi connectivity index (χ4v) is 4.05. The third-order valence-corrected chi connectivity index (χ3v) is 5.75. The maximum Gasteiger partial charge on any atom is 0.251 e. The van der Waals surface area contributed by atoms with Gasteiger partial charge in [-0.15, -0.1) is 0 Å². The van der Waals surface area contributed by atoms with Gasteiger partial charge in [-0.1, -0.05) is 13.8 Å². The molecule has 1 fully saturated rings. The first-order chi connectivity index (χ1) is 14.0. The highest BCUT2D eigenvalue weighted by atomic mass is 16.5. The van der Waals surface area contributed by atoms with Gasteiger partial charge in [0.2, 0.25) is 0 Å². The summed E-state index contributed by atoms with van der Waals surface area (Å²) in [6, 6.07) is 5.46. The molecule has 0 saturated heterocycles. The minimum Gasteiger partial charge on any atom is -0.493 e. The summed E-state index contributed by atoms with van der Waals surface area (Å²) < 4.78 is 13.5. The van der Waals surface area contributed by atoms with E-state index in [0.717, 1.165) is 37.3 Å². The van der Waals surface area contributed by atoms with Gasteiger partial charge >= 0.3 is 0 Å². The zero-order chi connectivity index (χ0) is 20.4. The molecule has 0 unspecified atom stereocenters. The van der Waals surface area contributed by atoms with Crippen molar-refractivity contribution in [3.05, 3.63) is 35.4 Å². The molecule has 0 bridgehead atoms. The van der Waals surface area contributed by atoms with E-state index in [4.69, 9.17) is 9.47 Å². The molecule has 1 atom stereocenters. The number of carbonyl (C=O) groups excluding carboxylic acids is 1. The number of fused-ring (bicyclic) bond motifs is 1. The SMILES string of the molecule is COc1cc(C(=O)N[C@H]2CCc3nc(C(C)C)nn3C2)ccc1OC1CCCC1. The van der Waals surface area contributed by atoms with E-state index in [0.29, 0.717) is 29.5 Å². The summed E-state index contributed by atoms with van der Waals surface area (Å²) in [5.41, 5.74) is 0.577. The van der Waals surface area contributed by atoms with Crippen LogP contribution in [-0.2, 0) is 13.0 Å². The third kappa shape index (κ3) is 4.38. The van der Waals surface area contributed by atoms with Gasteiger partial charge in [-0.05, 0) is 50.3 Å². The number of carbonyl (C=O) groups is 1. The predicted octanol–water partition coefficient (Wildman–Crippen LogP) is 3.48. The first-order valence-corrected chi connectivity index (χ1v) is 10.6. The summed E-state index contributed by atoms with van der Waals surface area (Å²) in [4.78, 5) is 17.4. The van der Waals surface area contributed by atoms with Gasteiger partial charge in [0.25, 0.3) is 5.91 Å². The van der Waals surface area contributed by atoms with Gasteiger partial charge in [0.15, 0.2) is 17.3 Å². The quantitative estimate of drug-likeness (QED) is 0.806. The molecule has 1 aromatic heterocycles. The summed E-state index contributed by atoms with van der Waals surface area (Å²) in [5.74, 6) is 3.39. The summed E-state index contributed by atoms with van der Waals surface area (Å²) in [6.45, 7) is 4.84. The molecule has 7 heteroatoms. The predicted molar refractivity (Wildman–Crippen MR) is 110 cm³/mol. The number of methoxy groups -OCH3 is 1. The van der Waals surface area contributed by atoms with E-state index in [1.54, 1.807) is 13.2 Å². The van der Waals surface area contributed by atoms with E-state index in [1.807, 2.05) is 16.8 Å². The van der Waals surface area contributed by atoms with Gasteiger partial charge in [-0.3, -0.25) is 4.79 Å². The Morgan fingerprint density at radius 1 is 1.21 bits per heavy atom. The summed E-state index contributed by atoms with van der Waals surface area (Å²) in [7, 11) is 1.61. The Labute approximate surface area is 171 Å². The van der Waals surface area contributed by atoms with Crippen molar-refractivity contribution >= 4 is 5.91 Å². The van der Waals surface area contributed by atoms with Crippen LogP contribution in [0.25, 0.3) is 0 Å². The van der Waals surface area contributed by atoms with Crippen molar-refractivity contribution in [1.82, 2.24) is 20.1 Å². The van der Waals surface area contributed by atoms with E-state index in [1.165, 1.54) is 12.8 Å². The normalized spacial score (nSPS) is 19.2. The van der Waals surface area contributed by atoms with Gasteiger partial charge in [0.05, 0.1) is 19.8 Å². The molecule has 1 aromatic carbocycles. The lowest BCUT2D eigenvalue weighted by molar-refractivity contribution is 0.0925. The van der Waals surface area contributed by atoms with Crippen molar-refractivity contribution in [1.29, 1.82) is 0 Å². The van der Waals surface area contributed by atoms with Gasteiger partial charge in [-0.2, -0.15) is 5.10 Å². The van der Waals surface area contributed by atoms with Crippen LogP contribution in [0.1, 0.15) is 73.9 Å². The van der Waals surface area contributed by atoms with E-state index < -0.39 is 0 Å². The van der Waals surface area contributed by atoms with Crippen molar-refractivity contribution in [2.24, 2.45) is 0 Å². The topological polar surface area (TPSA) is 78.3 Å². The lowest BCUT2D eigenvalue weighted by atomic mass is 10.1. The number of rotatable bonds is 6. The molecule has 0 spiro atoms. The van der Waals surface area contributed by atoms with E-state index in [2.05, 4.69) is 29.2 Å². The van der Waals surface area contributed by atoms with Crippen molar-refractivity contribution in [3.63, 3.8) is 0 Å². The smallest absolute Gasteiger partial charge is 0.251 e. The Balaban J connectivity index is 1.41. The lowest BCUT2D eigenvalue weighted by Crippen LogP contribution is -2.41. The average Bonchev–Trinajstić information content (AvgIpc) is 3.37. The Hall–Kier alpha value is -2.57. The highest BCUT2D eigenvalue weighted by molar-refractivity contribution is 5.95. The second-order valence-corrected chi connectivity index (χ2v) is 8.32. The summed E-state index contributed by atoms with van der Waals surface area (Å²) in [6.07, 6.45) is 6.51. The van der Waals surface area contributed by atoms with Gasteiger partial charge in [0.1, 0.15) is 5.82 Å². The molecule has 4 rings (SSSR count). The lowest BCUT2D eigenvalue weighted by Gasteiger charge is -2.23. The molecular weight excluding hydrogens is 368 g/mol. The number of aryl methyl sites for hydroxylation is 1. The van der Waals surface area contributed by atoms with Crippen LogP contribution in [0.5, 0.6) is 11.5 Å². The van der Waals surface area contributed by atoms with Crippen LogP contribution >= 0.6 is 0 Å². The number of benzene rings is 1. The van der Waals surface area contributed by atoms with Crippen LogP contribution in [0, 0.1) is 0 Å². The molecule has 156 valence electrons. The number of nitrogens with one attached hydrogen (secondary N) is 1. The Morgan fingerprint density at radius 3 is 2.72 bits per heavy atom. The van der Waals surface area contributed by atoms with Crippen molar-refractivity contribution in [2.45, 2.75) is 77.0 Å². The average molecular weight is 399 g/mol. The zero-order valence-corrected chi connectivity index (χ0v) is 17.5. The molecule has 2 heterocycles. The molecule has 2 aliphatic rings. The number of aromatic nitrogens is 3. The molecule has 1 saturated carbocycles. The van der Waals surface area contributed by atoms with Crippen LogP contribution in [0.2, 0.25) is 0 Å². The van der Waals surface area contributed by atoms with Crippen LogP contribution in [0.4, 0.5) is 0 Å². The van der Waals surface area contributed by atoms with Crippen LogP contribution < -0.4 is 14.8 Å². The molecule has 1 amide bonds. The minimum absolute atomic E-state index is 0.0390. The minimum atomic E-state index is -0.103. The molecule has 1 N–H and O–H groups in total. The fraction of sp³-hybridized carbons (Fsp3) is 0.591. The van der Waals surface area contributed by atoms with Gasteiger partial charge in [-0.25, -0.2) is 9.67 Å². The molecule has 2 aromatic rings. The maximum absolute atomic E-state index is 12.8. The number of ether oxygens (including phenoxy) is 2. The van der Waals surface area contributed by atoms with Crippen LogP contribution in [0.15, 0.2) is 18.2 Å². The molecular formula is C22H30N4O3. The largest absolute Gasteiger partial charge is 0.493 e. The number of hydrogen-bond acceptors (Lipinski definition) is 5. The van der Waals surface area contributed by atoms with Crippen molar-refractivity contribution in [2.75, 3.05) is 7.11 Å². The standard InChI is InChI=1S/C22H30N4O3/c1-14(2)21-24-20-11-9-16(13-26(20)25-21)23-22(27)15-8-10-18(19(12-15)28-3)29-17-6-4-5-7-17/h8,10,12,14,16-17H,4-7,9,11,13H2,1-3H3,(H,23,27)/t16-/m0/s1. The van der Waals surface area contributed by atoms with Gasteiger partial charge < -0.3 is 14.8 Å². The Bertz CT molecular complexity index is 871. The zero-order valence-electron chi connectivity index (χ0n) is 17.5. The van der Waals surface area contributed by atoms with E-state index in [9.17, 15) is 4.79 Å². The molecule has 0 radical (unpaired) electrons. The summed E-state index contributed by atoms with van der Waals surface area (Å²) >= 11 is 0. The second-order valence-electron chi connectivity index (χ2n) is 8.32. The highest BCUT2D eigenvalue weighted by Gasteiger charge is 2.25. The molecule has 1 aliphatic carbocycles. The third-order valence-electron chi connectivity index (χ3n) is 5.75. The van der Waals surface area contributed by atoms with Crippen LogP contribution in [-0.4, -0.2) is 39.9 Å². The first-order valence-electron chi connectivity index (χ1n) is 10.6. The van der Waals surface area contributed by atoms with Gasteiger partial charge in [0, 0.05) is 23.9 Å². The number of hydrogen-bond donors (Lipinski definition) is 1. The first kappa shape index (κ1) is 19.7. The fourth-order valence-electron chi connectivity index (χ4n) is 4.05. The number of nitrogens with zero attached hydrogens (tertiary/aromatic N) is 3. The second kappa shape index (κ2) is 8.43. The molecule has 29 heavy (non-hydrogen) atoms. The van der Waals surface area contributed by atoms with Crippen molar-refractivity contribution in [3.8, 4) is 11.5 Å². The number of amides is 1. The monoisotopic (exact) mass is 398 g/mol. The Kier molecular flexibility index (Phi) is 5.74. The molecule has 1 aliphatic heterocycles. The van der Waals surface area contributed by atoms with Crippen molar-refractivity contribution < 1.29 is 14.3 Å².